The van der Waals surface area contributed by atoms with Crippen LogP contribution in [-0.4, -0.2) is 24.7 Å². The van der Waals surface area contributed by atoms with Crippen molar-refractivity contribution in [2.75, 3.05) is 13.6 Å². The number of nitrogens with one attached hydrogen (secondary N) is 1. The normalized spacial score (nSPS) is 25.2. The molecule has 0 aromatic carbocycles. The molecule has 0 atom stereocenters. The van der Waals surface area contributed by atoms with Gasteiger partial charge in [-0.25, -0.2) is 4.98 Å². The Hall–Kier alpha value is -0.450. The average molecular weight is 226 g/mol. The molecule has 1 aliphatic carbocycles. The SMILES string of the molecule is CNCC1CC(OCc2nc(C)cs2)C1. The molecule has 1 N–H and O–H groups in total. The van der Waals surface area contributed by atoms with E-state index >= 15 is 0 Å². The lowest BCUT2D eigenvalue weighted by Crippen LogP contribution is -2.36. The highest BCUT2D eigenvalue weighted by molar-refractivity contribution is 7.09. The molecule has 15 heavy (non-hydrogen) atoms. The quantitative estimate of drug-likeness (QED) is 0.833. The minimum absolute atomic E-state index is 0.465. The Labute approximate surface area is 94.9 Å². The summed E-state index contributed by atoms with van der Waals surface area (Å²) in [5.74, 6) is 0.818. The molecule has 84 valence electrons. The Bertz CT molecular complexity index is 307. The third kappa shape index (κ3) is 3.00. The number of nitrogens with zero attached hydrogens (tertiary/aromatic N) is 1. The van der Waals surface area contributed by atoms with Crippen LogP contribution in [0.5, 0.6) is 0 Å². The zero-order valence-electron chi connectivity index (χ0n) is 9.32. The van der Waals surface area contributed by atoms with Crippen molar-refractivity contribution in [3.63, 3.8) is 0 Å². The van der Waals surface area contributed by atoms with Gasteiger partial charge in [0.05, 0.1) is 12.7 Å². The Kier molecular flexibility index (Phi) is 3.72. The van der Waals surface area contributed by atoms with Crippen LogP contribution in [0.25, 0.3) is 0 Å². The maximum absolute atomic E-state index is 5.77. The van der Waals surface area contributed by atoms with Gasteiger partial charge in [-0.2, -0.15) is 0 Å². The van der Waals surface area contributed by atoms with Gasteiger partial charge in [0.25, 0.3) is 0 Å². The zero-order chi connectivity index (χ0) is 10.7. The first-order valence-corrected chi connectivity index (χ1v) is 6.33. The maximum atomic E-state index is 5.77. The highest BCUT2D eigenvalue weighted by Gasteiger charge is 2.29. The molecule has 3 nitrogen and oxygen atoms in total. The van der Waals surface area contributed by atoms with Crippen LogP contribution in [0.4, 0.5) is 0 Å². The van der Waals surface area contributed by atoms with Crippen LogP contribution in [0, 0.1) is 12.8 Å². The smallest absolute Gasteiger partial charge is 0.119 e. The predicted octanol–water partition coefficient (Wildman–Crippen LogP) is 1.97. The van der Waals surface area contributed by atoms with E-state index in [0.717, 1.165) is 23.2 Å². The van der Waals surface area contributed by atoms with Gasteiger partial charge >= 0.3 is 0 Å². The van der Waals surface area contributed by atoms with E-state index < -0.39 is 0 Å². The van der Waals surface area contributed by atoms with Gasteiger partial charge in [-0.05, 0) is 39.3 Å². The molecule has 0 aliphatic heterocycles. The molecular formula is C11H18N2OS. The predicted molar refractivity (Wildman–Crippen MR) is 62.1 cm³/mol. The lowest BCUT2D eigenvalue weighted by atomic mass is 9.82. The summed E-state index contributed by atoms with van der Waals surface area (Å²) in [7, 11) is 2.01. The van der Waals surface area contributed by atoms with Crippen LogP contribution >= 0.6 is 11.3 Å². The summed E-state index contributed by atoms with van der Waals surface area (Å²) >= 11 is 1.69. The molecular weight excluding hydrogens is 208 g/mol. The number of thiazole rings is 1. The molecule has 0 saturated heterocycles. The summed E-state index contributed by atoms with van der Waals surface area (Å²) in [6, 6.07) is 0. The monoisotopic (exact) mass is 226 g/mol. The first kappa shape index (κ1) is 11.0. The van der Waals surface area contributed by atoms with Gasteiger partial charge in [-0.1, -0.05) is 0 Å². The van der Waals surface area contributed by atoms with E-state index in [1.165, 1.54) is 12.8 Å². The van der Waals surface area contributed by atoms with Gasteiger partial charge in [0, 0.05) is 11.1 Å². The van der Waals surface area contributed by atoms with Crippen molar-refractivity contribution in [3.8, 4) is 0 Å². The molecule has 1 saturated carbocycles. The number of aromatic nitrogens is 1. The van der Waals surface area contributed by atoms with Gasteiger partial charge in [0.2, 0.25) is 0 Å². The van der Waals surface area contributed by atoms with Crippen LogP contribution < -0.4 is 5.32 Å². The maximum Gasteiger partial charge on any atom is 0.119 e. The van der Waals surface area contributed by atoms with Crippen LogP contribution in [0.2, 0.25) is 0 Å². The molecule has 0 unspecified atom stereocenters. The first-order valence-electron chi connectivity index (χ1n) is 5.45. The van der Waals surface area contributed by atoms with Crippen LogP contribution in [0.1, 0.15) is 23.5 Å². The van der Waals surface area contributed by atoms with Crippen molar-refractivity contribution in [1.29, 1.82) is 0 Å². The molecule has 1 aromatic heterocycles. The summed E-state index contributed by atoms with van der Waals surface area (Å²) in [5, 5.41) is 6.38. The number of aryl methyl sites for hydroxylation is 1. The molecule has 1 aromatic rings. The standard InChI is InChI=1S/C11H18N2OS/c1-8-7-15-11(13-8)6-14-10-3-9(4-10)5-12-2/h7,9-10,12H,3-6H2,1-2H3. The number of ether oxygens (including phenoxy) is 1. The third-order valence-corrected chi connectivity index (χ3v) is 3.73. The van der Waals surface area contributed by atoms with Crippen LogP contribution in [0.3, 0.4) is 0 Å². The fourth-order valence-corrected chi connectivity index (χ4v) is 2.62. The number of rotatable bonds is 5. The molecule has 0 bridgehead atoms. The van der Waals surface area contributed by atoms with Gasteiger partial charge in [-0.3, -0.25) is 0 Å². The highest BCUT2D eigenvalue weighted by Crippen LogP contribution is 2.30. The molecule has 0 amide bonds. The Morgan fingerprint density at radius 1 is 1.60 bits per heavy atom. The van der Waals surface area contributed by atoms with E-state index in [1.54, 1.807) is 11.3 Å². The van der Waals surface area contributed by atoms with E-state index in [0.29, 0.717) is 12.7 Å². The van der Waals surface area contributed by atoms with Gasteiger partial charge in [-0.15, -0.1) is 11.3 Å². The topological polar surface area (TPSA) is 34.1 Å². The van der Waals surface area contributed by atoms with Crippen molar-refractivity contribution in [1.82, 2.24) is 10.3 Å². The van der Waals surface area contributed by atoms with E-state index in [2.05, 4.69) is 15.7 Å². The second-order valence-corrected chi connectivity index (χ2v) is 5.15. The van der Waals surface area contributed by atoms with E-state index in [4.69, 9.17) is 4.74 Å². The molecule has 2 rings (SSSR count). The summed E-state index contributed by atoms with van der Waals surface area (Å²) in [6.45, 7) is 3.83. The highest BCUT2D eigenvalue weighted by atomic mass is 32.1. The Morgan fingerprint density at radius 2 is 2.40 bits per heavy atom. The Balaban J connectivity index is 1.64. The van der Waals surface area contributed by atoms with Crippen molar-refractivity contribution < 1.29 is 4.74 Å². The fraction of sp³-hybridized carbons (Fsp3) is 0.727. The van der Waals surface area contributed by atoms with Gasteiger partial charge in [0.1, 0.15) is 5.01 Å². The summed E-state index contributed by atoms with van der Waals surface area (Å²) in [5.41, 5.74) is 1.10. The number of hydrogen-bond donors (Lipinski definition) is 1. The zero-order valence-corrected chi connectivity index (χ0v) is 10.1. The van der Waals surface area contributed by atoms with E-state index in [-0.39, 0.29) is 0 Å². The largest absolute Gasteiger partial charge is 0.371 e. The van der Waals surface area contributed by atoms with Crippen molar-refractivity contribution in [2.24, 2.45) is 5.92 Å². The molecule has 4 heteroatoms. The fourth-order valence-electron chi connectivity index (χ4n) is 1.92. The lowest BCUT2D eigenvalue weighted by Gasteiger charge is -2.34. The van der Waals surface area contributed by atoms with E-state index in [9.17, 15) is 0 Å². The molecule has 1 heterocycles. The summed E-state index contributed by atoms with van der Waals surface area (Å²) in [6.07, 6.45) is 2.86. The van der Waals surface area contributed by atoms with E-state index in [1.807, 2.05) is 14.0 Å². The van der Waals surface area contributed by atoms with Crippen molar-refractivity contribution in [2.45, 2.75) is 32.5 Å². The summed E-state index contributed by atoms with van der Waals surface area (Å²) in [4.78, 5) is 4.38. The minimum Gasteiger partial charge on any atom is -0.371 e. The average Bonchev–Trinajstić information content (AvgIpc) is 2.55. The molecule has 0 spiro atoms. The van der Waals surface area contributed by atoms with Gasteiger partial charge < -0.3 is 10.1 Å². The Morgan fingerprint density at radius 3 is 3.00 bits per heavy atom. The minimum atomic E-state index is 0.465. The molecule has 1 fully saturated rings. The first-order chi connectivity index (χ1) is 7.28. The second kappa shape index (κ2) is 5.05. The second-order valence-electron chi connectivity index (χ2n) is 4.21. The van der Waals surface area contributed by atoms with Crippen LogP contribution in [-0.2, 0) is 11.3 Å². The van der Waals surface area contributed by atoms with Crippen molar-refractivity contribution >= 4 is 11.3 Å². The number of hydrogen-bond acceptors (Lipinski definition) is 4. The van der Waals surface area contributed by atoms with Crippen LogP contribution in [0.15, 0.2) is 5.38 Å². The third-order valence-electron chi connectivity index (χ3n) is 2.79. The summed E-state index contributed by atoms with van der Waals surface area (Å²) < 4.78 is 5.77. The molecule has 0 radical (unpaired) electrons. The molecule has 1 aliphatic rings. The lowest BCUT2D eigenvalue weighted by molar-refractivity contribution is -0.0391. The van der Waals surface area contributed by atoms with Gasteiger partial charge in [0.15, 0.2) is 0 Å². The van der Waals surface area contributed by atoms with Crippen molar-refractivity contribution in [3.05, 3.63) is 16.1 Å².